The number of allylic oxidation sites excluding steroid dienone is 1. The Balaban J connectivity index is 2.89. The van der Waals surface area contributed by atoms with Crippen molar-refractivity contribution in [3.8, 4) is 5.75 Å². The number of esters is 1. The first-order valence-corrected chi connectivity index (χ1v) is 5.73. The Morgan fingerprint density at radius 2 is 1.88 bits per heavy atom. The zero-order valence-electron chi connectivity index (χ0n) is 10.5. The van der Waals surface area contributed by atoms with Crippen molar-refractivity contribution < 1.29 is 14.3 Å². The van der Waals surface area contributed by atoms with Gasteiger partial charge in [-0.2, -0.15) is 0 Å². The van der Waals surface area contributed by atoms with Crippen molar-refractivity contribution in [2.75, 3.05) is 13.7 Å². The minimum absolute atomic E-state index is 0.323. The van der Waals surface area contributed by atoms with Crippen molar-refractivity contribution in [2.45, 2.75) is 20.3 Å². The van der Waals surface area contributed by atoms with Crippen LogP contribution in [-0.4, -0.2) is 19.7 Å². The molecule has 0 saturated carbocycles. The molecule has 0 unspecified atom stereocenters. The van der Waals surface area contributed by atoms with E-state index in [-0.39, 0.29) is 5.97 Å². The van der Waals surface area contributed by atoms with Crippen LogP contribution in [0.25, 0.3) is 5.57 Å². The Morgan fingerprint density at radius 1 is 1.24 bits per heavy atom. The number of carbonyl (C=O) groups is 1. The highest BCUT2D eigenvalue weighted by atomic mass is 16.5. The van der Waals surface area contributed by atoms with Crippen LogP contribution in [0.1, 0.15) is 25.8 Å². The summed E-state index contributed by atoms with van der Waals surface area (Å²) < 4.78 is 9.99. The lowest BCUT2D eigenvalue weighted by atomic mass is 10.0. The van der Waals surface area contributed by atoms with Crippen LogP contribution in [0.3, 0.4) is 0 Å². The van der Waals surface area contributed by atoms with Crippen LogP contribution >= 0.6 is 0 Å². The molecule has 0 radical (unpaired) electrons. The van der Waals surface area contributed by atoms with Gasteiger partial charge < -0.3 is 9.47 Å². The average molecular weight is 234 g/mol. The van der Waals surface area contributed by atoms with Gasteiger partial charge in [-0.1, -0.05) is 19.1 Å². The molecular weight excluding hydrogens is 216 g/mol. The highest BCUT2D eigenvalue weighted by Crippen LogP contribution is 2.21. The number of carbonyl (C=O) groups excluding carboxylic acids is 1. The Bertz CT molecular complexity index is 390. The molecule has 0 atom stereocenters. The molecule has 1 aromatic carbocycles. The van der Waals surface area contributed by atoms with Gasteiger partial charge >= 0.3 is 5.97 Å². The monoisotopic (exact) mass is 234 g/mol. The Labute approximate surface area is 102 Å². The van der Waals surface area contributed by atoms with E-state index < -0.39 is 0 Å². The Kier molecular flexibility index (Phi) is 5.27. The summed E-state index contributed by atoms with van der Waals surface area (Å²) in [5.41, 5.74) is 1.97. The molecule has 1 rings (SSSR count). The molecule has 0 fully saturated rings. The van der Waals surface area contributed by atoms with Crippen molar-refractivity contribution >= 4 is 11.5 Å². The van der Waals surface area contributed by atoms with E-state index in [1.165, 1.54) is 13.2 Å². The van der Waals surface area contributed by atoms with E-state index in [2.05, 4.69) is 4.74 Å². The topological polar surface area (TPSA) is 35.5 Å². The maximum atomic E-state index is 11.2. The summed E-state index contributed by atoms with van der Waals surface area (Å²) in [6.45, 7) is 4.60. The predicted octanol–water partition coefficient (Wildman–Crippen LogP) is 3.05. The fourth-order valence-electron chi connectivity index (χ4n) is 1.52. The van der Waals surface area contributed by atoms with E-state index in [1.807, 2.05) is 38.1 Å². The molecule has 0 aliphatic rings. The quantitative estimate of drug-likeness (QED) is 0.580. The van der Waals surface area contributed by atoms with Gasteiger partial charge in [-0.05, 0) is 36.6 Å². The van der Waals surface area contributed by atoms with Crippen LogP contribution in [0.15, 0.2) is 30.3 Å². The van der Waals surface area contributed by atoms with Gasteiger partial charge in [-0.3, -0.25) is 0 Å². The lowest BCUT2D eigenvalue weighted by Crippen LogP contribution is -1.97. The molecule has 0 N–H and O–H groups in total. The van der Waals surface area contributed by atoms with Gasteiger partial charge in [0, 0.05) is 6.08 Å². The van der Waals surface area contributed by atoms with Gasteiger partial charge in [0.15, 0.2) is 0 Å². The SMILES string of the molecule is CCOc1ccc(C(=CC(=O)OC)CC)cc1. The summed E-state index contributed by atoms with van der Waals surface area (Å²) in [5.74, 6) is 0.514. The van der Waals surface area contributed by atoms with Crippen LogP contribution in [0, 0.1) is 0 Å². The second-order valence-corrected chi connectivity index (χ2v) is 3.50. The second kappa shape index (κ2) is 6.74. The summed E-state index contributed by atoms with van der Waals surface area (Å²) in [7, 11) is 1.38. The highest BCUT2D eigenvalue weighted by molar-refractivity contribution is 5.91. The molecule has 92 valence electrons. The normalized spacial score (nSPS) is 11.1. The first kappa shape index (κ1) is 13.3. The number of hydrogen-bond acceptors (Lipinski definition) is 3. The van der Waals surface area contributed by atoms with Gasteiger partial charge in [0.05, 0.1) is 13.7 Å². The van der Waals surface area contributed by atoms with Crippen LogP contribution < -0.4 is 4.74 Å². The maximum absolute atomic E-state index is 11.2. The van der Waals surface area contributed by atoms with E-state index >= 15 is 0 Å². The van der Waals surface area contributed by atoms with Crippen molar-refractivity contribution in [1.82, 2.24) is 0 Å². The van der Waals surface area contributed by atoms with E-state index in [4.69, 9.17) is 4.74 Å². The third-order valence-electron chi connectivity index (χ3n) is 2.41. The molecule has 0 aromatic heterocycles. The number of rotatable bonds is 5. The molecule has 17 heavy (non-hydrogen) atoms. The Hall–Kier alpha value is -1.77. The van der Waals surface area contributed by atoms with Crippen LogP contribution in [0.5, 0.6) is 5.75 Å². The van der Waals surface area contributed by atoms with Crippen LogP contribution in [0.4, 0.5) is 0 Å². The van der Waals surface area contributed by atoms with Crippen molar-refractivity contribution in [3.63, 3.8) is 0 Å². The molecule has 0 bridgehead atoms. The minimum Gasteiger partial charge on any atom is -0.494 e. The van der Waals surface area contributed by atoms with Gasteiger partial charge in [-0.15, -0.1) is 0 Å². The summed E-state index contributed by atoms with van der Waals surface area (Å²) in [5, 5.41) is 0. The minimum atomic E-state index is -0.323. The molecule has 0 saturated heterocycles. The van der Waals surface area contributed by atoms with Crippen molar-refractivity contribution in [3.05, 3.63) is 35.9 Å². The molecule has 0 heterocycles. The first-order chi connectivity index (χ1) is 8.21. The molecule has 0 aliphatic carbocycles. The summed E-state index contributed by atoms with van der Waals surface area (Å²) in [4.78, 5) is 11.2. The second-order valence-electron chi connectivity index (χ2n) is 3.50. The lowest BCUT2D eigenvalue weighted by Gasteiger charge is -2.07. The van der Waals surface area contributed by atoms with E-state index in [9.17, 15) is 4.79 Å². The molecule has 1 aromatic rings. The largest absolute Gasteiger partial charge is 0.494 e. The molecule has 3 heteroatoms. The number of ether oxygens (including phenoxy) is 2. The fraction of sp³-hybridized carbons (Fsp3) is 0.357. The first-order valence-electron chi connectivity index (χ1n) is 5.73. The molecular formula is C14H18O3. The lowest BCUT2D eigenvalue weighted by molar-refractivity contribution is -0.134. The van der Waals surface area contributed by atoms with Crippen molar-refractivity contribution in [1.29, 1.82) is 0 Å². The molecule has 0 spiro atoms. The predicted molar refractivity (Wildman–Crippen MR) is 67.9 cm³/mol. The Morgan fingerprint density at radius 3 is 2.35 bits per heavy atom. The van der Waals surface area contributed by atoms with E-state index in [0.717, 1.165) is 23.3 Å². The van der Waals surface area contributed by atoms with Crippen LogP contribution in [-0.2, 0) is 9.53 Å². The molecule has 0 aliphatic heterocycles. The zero-order chi connectivity index (χ0) is 12.7. The van der Waals surface area contributed by atoms with Crippen molar-refractivity contribution in [2.24, 2.45) is 0 Å². The average Bonchev–Trinajstić information content (AvgIpc) is 2.37. The molecule has 3 nitrogen and oxygen atoms in total. The third-order valence-corrected chi connectivity index (χ3v) is 2.41. The van der Waals surface area contributed by atoms with Crippen LogP contribution in [0.2, 0.25) is 0 Å². The number of benzene rings is 1. The van der Waals surface area contributed by atoms with Gasteiger partial charge in [0.2, 0.25) is 0 Å². The van der Waals surface area contributed by atoms with Gasteiger partial charge in [0.25, 0.3) is 0 Å². The summed E-state index contributed by atoms with van der Waals surface area (Å²) in [6.07, 6.45) is 2.30. The smallest absolute Gasteiger partial charge is 0.330 e. The number of methoxy groups -OCH3 is 1. The molecule has 0 amide bonds. The highest BCUT2D eigenvalue weighted by Gasteiger charge is 2.03. The van der Waals surface area contributed by atoms with E-state index in [1.54, 1.807) is 0 Å². The van der Waals surface area contributed by atoms with Gasteiger partial charge in [0.1, 0.15) is 5.75 Å². The third kappa shape index (κ3) is 3.94. The van der Waals surface area contributed by atoms with E-state index in [0.29, 0.717) is 6.61 Å². The summed E-state index contributed by atoms with van der Waals surface area (Å²) in [6, 6.07) is 7.70. The number of hydrogen-bond donors (Lipinski definition) is 0. The zero-order valence-corrected chi connectivity index (χ0v) is 10.5. The summed E-state index contributed by atoms with van der Waals surface area (Å²) >= 11 is 0. The van der Waals surface area contributed by atoms with Gasteiger partial charge in [-0.25, -0.2) is 4.79 Å². The maximum Gasteiger partial charge on any atom is 0.330 e. The fourth-order valence-corrected chi connectivity index (χ4v) is 1.52. The standard InChI is InChI=1S/C14H18O3/c1-4-11(10-14(15)16-3)12-6-8-13(9-7-12)17-5-2/h6-10H,4-5H2,1-3H3.